The number of halogens is 1. The van der Waals surface area contributed by atoms with E-state index in [1.165, 1.54) is 18.4 Å². The minimum Gasteiger partial charge on any atom is -0.345 e. The van der Waals surface area contributed by atoms with E-state index >= 15 is 0 Å². The molecule has 2 aromatic rings. The van der Waals surface area contributed by atoms with Crippen molar-refractivity contribution >= 4 is 29.3 Å². The third-order valence-corrected chi connectivity index (χ3v) is 9.68. The lowest BCUT2D eigenvalue weighted by Crippen LogP contribution is -2.47. The number of carbonyl (C=O) groups is 3. The second-order valence-corrected chi connectivity index (χ2v) is 12.2. The number of hydrogen-bond acceptors (Lipinski definition) is 4. The van der Waals surface area contributed by atoms with Gasteiger partial charge in [0.1, 0.15) is 0 Å². The largest absolute Gasteiger partial charge is 0.345 e. The van der Waals surface area contributed by atoms with E-state index in [-0.39, 0.29) is 29.2 Å². The number of amides is 3. The average molecular weight is 549 g/mol. The Hall–Kier alpha value is -2.90. The van der Waals surface area contributed by atoms with Gasteiger partial charge in [0.15, 0.2) is 0 Å². The van der Waals surface area contributed by atoms with Crippen molar-refractivity contribution in [2.24, 2.45) is 5.41 Å². The van der Waals surface area contributed by atoms with Crippen LogP contribution < -0.4 is 5.32 Å². The first-order valence-electron chi connectivity index (χ1n) is 14.4. The van der Waals surface area contributed by atoms with Gasteiger partial charge in [-0.2, -0.15) is 0 Å². The Balaban J connectivity index is 1.07. The summed E-state index contributed by atoms with van der Waals surface area (Å²) in [6, 6.07) is 12.9. The van der Waals surface area contributed by atoms with Gasteiger partial charge in [0.05, 0.1) is 23.2 Å². The Morgan fingerprint density at radius 2 is 1.64 bits per heavy atom. The first-order chi connectivity index (χ1) is 18.9. The van der Waals surface area contributed by atoms with Crippen LogP contribution in [-0.2, 0) is 11.2 Å². The molecule has 39 heavy (non-hydrogen) atoms. The molecule has 0 saturated carbocycles. The van der Waals surface area contributed by atoms with Gasteiger partial charge in [-0.25, -0.2) is 0 Å². The summed E-state index contributed by atoms with van der Waals surface area (Å²) in [5.74, 6) is 0.124. The third-order valence-electron chi connectivity index (χ3n) is 9.35. The molecule has 3 heterocycles. The number of rotatable bonds is 5. The number of piperidine rings is 1. The molecular weight excluding hydrogens is 512 g/mol. The highest BCUT2D eigenvalue weighted by Crippen LogP contribution is 2.41. The number of nitrogens with one attached hydrogen (secondary N) is 1. The van der Waals surface area contributed by atoms with Crippen LogP contribution >= 0.6 is 11.6 Å². The lowest BCUT2D eigenvalue weighted by Gasteiger charge is -2.39. The Morgan fingerprint density at radius 1 is 0.923 bits per heavy atom. The topological polar surface area (TPSA) is 73.0 Å². The van der Waals surface area contributed by atoms with E-state index in [4.69, 9.17) is 11.6 Å². The van der Waals surface area contributed by atoms with Crippen LogP contribution in [0.2, 0.25) is 5.02 Å². The SMILES string of the molecule is O=C(N[C@@H]1CCc2ccc(C(=O)N3CCC4(CCN(C(=O)CN5CCCC5)CC4)C3)cc21)c1ccccc1Cl. The molecule has 6 rings (SSSR count). The standard InChI is InChI=1S/C31H37ClN4O3/c32-26-6-2-1-5-24(26)29(38)33-27-10-9-22-7-8-23(19-25(22)27)30(39)36-18-13-31(21-36)11-16-35(17-12-31)28(37)20-34-14-3-4-15-34/h1-2,5-8,19,27H,3-4,9-18,20-21H2,(H,33,38)/t27-/m1/s1. The lowest BCUT2D eigenvalue weighted by atomic mass is 9.77. The van der Waals surface area contributed by atoms with Crippen LogP contribution in [0.1, 0.15) is 76.4 Å². The van der Waals surface area contributed by atoms with Crippen LogP contribution in [0.4, 0.5) is 0 Å². The van der Waals surface area contributed by atoms with E-state index < -0.39 is 0 Å². The second-order valence-electron chi connectivity index (χ2n) is 11.8. The van der Waals surface area contributed by atoms with Crippen molar-refractivity contribution in [1.82, 2.24) is 20.0 Å². The van der Waals surface area contributed by atoms with Gasteiger partial charge in [-0.15, -0.1) is 0 Å². The third kappa shape index (κ3) is 5.44. The molecule has 3 aliphatic heterocycles. The van der Waals surface area contributed by atoms with E-state index in [9.17, 15) is 14.4 Å². The normalized spacial score (nSPS) is 22.3. The zero-order valence-electron chi connectivity index (χ0n) is 22.5. The van der Waals surface area contributed by atoms with Crippen LogP contribution in [0.5, 0.6) is 0 Å². The first kappa shape index (κ1) is 26.3. The Kier molecular flexibility index (Phi) is 7.38. The van der Waals surface area contributed by atoms with Crippen molar-refractivity contribution < 1.29 is 14.4 Å². The molecule has 3 saturated heterocycles. The maximum absolute atomic E-state index is 13.6. The van der Waals surface area contributed by atoms with E-state index in [0.29, 0.717) is 22.7 Å². The van der Waals surface area contributed by atoms with Crippen molar-refractivity contribution in [3.8, 4) is 0 Å². The fraction of sp³-hybridized carbons (Fsp3) is 0.516. The molecule has 1 aliphatic carbocycles. The summed E-state index contributed by atoms with van der Waals surface area (Å²) in [5.41, 5.74) is 3.47. The predicted molar refractivity (Wildman–Crippen MR) is 151 cm³/mol. The van der Waals surface area contributed by atoms with Crippen molar-refractivity contribution in [2.45, 2.75) is 51.0 Å². The van der Waals surface area contributed by atoms with Gasteiger partial charge in [-0.05, 0) is 98.8 Å². The summed E-state index contributed by atoms with van der Waals surface area (Å²) >= 11 is 6.23. The van der Waals surface area contributed by atoms with Gasteiger partial charge in [0.25, 0.3) is 11.8 Å². The van der Waals surface area contributed by atoms with Crippen molar-refractivity contribution in [1.29, 1.82) is 0 Å². The Bertz CT molecular complexity index is 1270. The Morgan fingerprint density at radius 3 is 2.38 bits per heavy atom. The number of likely N-dealkylation sites (tertiary alicyclic amines) is 3. The highest BCUT2D eigenvalue weighted by molar-refractivity contribution is 6.33. The van der Waals surface area contributed by atoms with E-state index in [2.05, 4.69) is 10.2 Å². The molecule has 8 heteroatoms. The first-order valence-corrected chi connectivity index (χ1v) is 14.8. The van der Waals surface area contributed by atoms with Crippen LogP contribution in [0.15, 0.2) is 42.5 Å². The van der Waals surface area contributed by atoms with Crippen LogP contribution in [-0.4, -0.2) is 78.2 Å². The minimum absolute atomic E-state index is 0.0605. The fourth-order valence-corrected chi connectivity index (χ4v) is 7.15. The van der Waals surface area contributed by atoms with E-state index in [0.717, 1.165) is 76.9 Å². The Labute approximate surface area is 235 Å². The average Bonchev–Trinajstić information content (AvgIpc) is 3.70. The molecule has 2 aromatic carbocycles. The molecular formula is C31H37ClN4O3. The number of aryl methyl sites for hydroxylation is 1. The zero-order valence-corrected chi connectivity index (χ0v) is 23.2. The smallest absolute Gasteiger partial charge is 0.253 e. The molecule has 206 valence electrons. The van der Waals surface area contributed by atoms with E-state index in [1.807, 2.05) is 34.1 Å². The number of hydrogen-bond donors (Lipinski definition) is 1. The van der Waals surface area contributed by atoms with Gasteiger partial charge < -0.3 is 15.1 Å². The molecule has 3 amide bonds. The summed E-state index contributed by atoms with van der Waals surface area (Å²) in [7, 11) is 0. The van der Waals surface area contributed by atoms with Crippen LogP contribution in [0.3, 0.4) is 0 Å². The van der Waals surface area contributed by atoms with Crippen molar-refractivity contribution in [2.75, 3.05) is 45.8 Å². The van der Waals surface area contributed by atoms with Gasteiger partial charge in [-0.1, -0.05) is 29.8 Å². The molecule has 0 radical (unpaired) electrons. The second kappa shape index (κ2) is 10.9. The number of carbonyl (C=O) groups excluding carboxylic acids is 3. The fourth-order valence-electron chi connectivity index (χ4n) is 6.93. The number of benzene rings is 2. The molecule has 1 spiro atoms. The molecule has 0 bridgehead atoms. The van der Waals surface area contributed by atoms with Crippen molar-refractivity contribution in [3.05, 3.63) is 69.7 Å². The molecule has 4 aliphatic rings. The molecule has 7 nitrogen and oxygen atoms in total. The highest BCUT2D eigenvalue weighted by Gasteiger charge is 2.43. The van der Waals surface area contributed by atoms with Gasteiger partial charge in [0.2, 0.25) is 5.91 Å². The molecule has 0 aromatic heterocycles. The van der Waals surface area contributed by atoms with Crippen molar-refractivity contribution in [3.63, 3.8) is 0 Å². The summed E-state index contributed by atoms with van der Waals surface area (Å²) in [6.45, 7) is 5.72. The predicted octanol–water partition coefficient (Wildman–Crippen LogP) is 4.31. The molecule has 3 fully saturated rings. The quantitative estimate of drug-likeness (QED) is 0.604. The number of fused-ring (bicyclic) bond motifs is 1. The lowest BCUT2D eigenvalue weighted by molar-refractivity contribution is -0.134. The molecule has 1 N–H and O–H groups in total. The maximum atomic E-state index is 13.6. The van der Waals surface area contributed by atoms with Crippen LogP contribution in [0.25, 0.3) is 0 Å². The van der Waals surface area contributed by atoms with E-state index in [1.54, 1.807) is 18.2 Å². The van der Waals surface area contributed by atoms with Crippen LogP contribution in [0, 0.1) is 5.41 Å². The highest BCUT2D eigenvalue weighted by atomic mass is 35.5. The van der Waals surface area contributed by atoms with Gasteiger partial charge >= 0.3 is 0 Å². The summed E-state index contributed by atoms with van der Waals surface area (Å²) in [4.78, 5) is 45.6. The monoisotopic (exact) mass is 548 g/mol. The summed E-state index contributed by atoms with van der Waals surface area (Å²) < 4.78 is 0. The molecule has 1 atom stereocenters. The summed E-state index contributed by atoms with van der Waals surface area (Å²) in [5, 5.41) is 3.56. The van der Waals surface area contributed by atoms with Gasteiger partial charge in [0, 0.05) is 31.7 Å². The minimum atomic E-state index is -0.193. The molecule has 0 unspecified atom stereocenters. The number of nitrogens with zero attached hydrogens (tertiary/aromatic N) is 3. The summed E-state index contributed by atoms with van der Waals surface area (Å²) in [6.07, 6.45) is 6.99. The van der Waals surface area contributed by atoms with Gasteiger partial charge in [-0.3, -0.25) is 19.3 Å². The zero-order chi connectivity index (χ0) is 27.0. The maximum Gasteiger partial charge on any atom is 0.253 e.